The first-order valence-corrected chi connectivity index (χ1v) is 14.6. The molecule has 2 N–H and O–H groups in total. The summed E-state index contributed by atoms with van der Waals surface area (Å²) >= 11 is 1.88. The molecule has 1 aromatic heterocycles. The molecule has 7 nitrogen and oxygen atoms in total. The normalized spacial score (nSPS) is 17.8. The first kappa shape index (κ1) is 28.8. The van der Waals surface area contributed by atoms with Crippen LogP contribution in [0.3, 0.4) is 0 Å². The summed E-state index contributed by atoms with van der Waals surface area (Å²) < 4.78 is 8.90. The minimum absolute atomic E-state index is 0.0653. The molecule has 2 atom stereocenters. The summed E-state index contributed by atoms with van der Waals surface area (Å²) in [5, 5.41) is 13.5. The van der Waals surface area contributed by atoms with Gasteiger partial charge in [0.05, 0.1) is 17.0 Å². The maximum absolute atomic E-state index is 13.6. The van der Waals surface area contributed by atoms with Gasteiger partial charge in [-0.3, -0.25) is 9.10 Å². The molecule has 41 heavy (non-hydrogen) atoms. The van der Waals surface area contributed by atoms with Crippen LogP contribution in [-0.2, 0) is 0 Å². The van der Waals surface area contributed by atoms with Gasteiger partial charge in [0.2, 0.25) is 0 Å². The van der Waals surface area contributed by atoms with Crippen LogP contribution < -0.4 is 15.6 Å². The predicted octanol–water partition coefficient (Wildman–Crippen LogP) is 7.13. The van der Waals surface area contributed by atoms with E-state index in [0.717, 1.165) is 41.9 Å². The van der Waals surface area contributed by atoms with Gasteiger partial charge in [-0.15, -0.1) is 0 Å². The van der Waals surface area contributed by atoms with Crippen LogP contribution in [-0.4, -0.2) is 47.3 Å². The number of para-hydroxylation sites is 1. The monoisotopic (exact) mass is 571 g/mol. The Morgan fingerprint density at radius 1 is 1.12 bits per heavy atom. The van der Waals surface area contributed by atoms with E-state index in [1.54, 1.807) is 24.3 Å². The van der Waals surface area contributed by atoms with Gasteiger partial charge in [-0.25, -0.2) is 4.79 Å². The summed E-state index contributed by atoms with van der Waals surface area (Å²) in [5.41, 5.74) is 5.43. The van der Waals surface area contributed by atoms with Gasteiger partial charge in [0, 0.05) is 45.9 Å². The van der Waals surface area contributed by atoms with Crippen molar-refractivity contribution in [2.75, 3.05) is 37.4 Å². The highest BCUT2D eigenvalue weighted by atomic mass is 32.2. The Morgan fingerprint density at radius 2 is 1.83 bits per heavy atom. The van der Waals surface area contributed by atoms with Gasteiger partial charge < -0.3 is 19.7 Å². The van der Waals surface area contributed by atoms with Crippen LogP contribution in [0.25, 0.3) is 22.3 Å². The van der Waals surface area contributed by atoms with Gasteiger partial charge >= 0.3 is 5.97 Å². The molecule has 3 aromatic carbocycles. The Bertz CT molecular complexity index is 1660. The molecule has 0 bridgehead atoms. The van der Waals surface area contributed by atoms with Crippen molar-refractivity contribution in [3.05, 3.63) is 93.1 Å². The Morgan fingerprint density at radius 3 is 2.51 bits per heavy atom. The number of carbonyl (C=O) groups is 1. The highest BCUT2D eigenvalue weighted by molar-refractivity contribution is 7.98. The number of hydrogen-bond donors (Lipinski definition) is 2. The molecule has 2 unspecified atom stereocenters. The van der Waals surface area contributed by atoms with E-state index in [4.69, 9.17) is 4.42 Å². The molecule has 0 saturated carbocycles. The zero-order chi connectivity index (χ0) is 29.5. The molecule has 8 heteroatoms. The Hall–Kier alpha value is -3.75. The number of anilines is 2. The number of aryl methyl sites for hydroxylation is 1. The predicted molar refractivity (Wildman–Crippen MR) is 169 cm³/mol. The second-order valence-corrected chi connectivity index (χ2v) is 13.3. The van der Waals surface area contributed by atoms with Gasteiger partial charge in [0.15, 0.2) is 5.43 Å². The average molecular weight is 572 g/mol. The van der Waals surface area contributed by atoms with E-state index in [-0.39, 0.29) is 21.8 Å². The summed E-state index contributed by atoms with van der Waals surface area (Å²) in [7, 11) is 4.18. The van der Waals surface area contributed by atoms with E-state index in [2.05, 4.69) is 47.7 Å². The average Bonchev–Trinajstić information content (AvgIpc) is 3.31. The molecule has 1 saturated heterocycles. The summed E-state index contributed by atoms with van der Waals surface area (Å²) in [4.78, 5) is 27.8. The zero-order valence-corrected chi connectivity index (χ0v) is 25.3. The van der Waals surface area contributed by atoms with Crippen LogP contribution in [0.4, 0.5) is 11.4 Å². The topological polar surface area (TPSA) is 86.0 Å². The third-order valence-corrected chi connectivity index (χ3v) is 8.86. The summed E-state index contributed by atoms with van der Waals surface area (Å²) in [6.45, 7) is 9.99. The van der Waals surface area contributed by atoms with Crippen molar-refractivity contribution in [3.8, 4) is 11.3 Å². The number of carboxylic acid groups (broad SMARTS) is 1. The SMILES string of the molecule is Cc1cc(C(C)Nc2ccccc2C(=O)O)c2oc(-c3ccc(N4CCC(C)(SN(C)C)C4)cc3)c(C)c(=O)c2c1. The van der Waals surface area contributed by atoms with Crippen molar-refractivity contribution < 1.29 is 14.3 Å². The zero-order valence-electron chi connectivity index (χ0n) is 24.4. The van der Waals surface area contributed by atoms with Gasteiger partial charge in [-0.05, 0) is 96.2 Å². The molecule has 0 radical (unpaired) electrons. The standard InChI is InChI=1S/C33H37N3O4S/c1-20-17-26(22(3)34-28-10-8-7-9-25(28)32(38)39)31-27(18-20)29(37)21(2)30(40-31)23-11-13-24(14-12-23)36-16-15-33(4,19-36)41-35(5)6/h7-14,17-18,22,34H,15-16,19H2,1-6H3,(H,38,39). The number of rotatable bonds is 8. The Kier molecular flexibility index (Phi) is 7.90. The first-order chi connectivity index (χ1) is 19.5. The van der Waals surface area contributed by atoms with Crippen molar-refractivity contribution in [3.63, 3.8) is 0 Å². The molecule has 4 aromatic rings. The number of hydrogen-bond acceptors (Lipinski definition) is 7. The molecular formula is C33H37N3O4S. The van der Waals surface area contributed by atoms with E-state index < -0.39 is 5.97 Å². The molecule has 0 aliphatic carbocycles. The van der Waals surface area contributed by atoms with Crippen molar-refractivity contribution in [2.45, 2.75) is 44.9 Å². The molecule has 1 fully saturated rings. The van der Waals surface area contributed by atoms with Gasteiger partial charge in [0.1, 0.15) is 11.3 Å². The second kappa shape index (κ2) is 11.3. The van der Waals surface area contributed by atoms with E-state index >= 15 is 0 Å². The van der Waals surface area contributed by atoms with Crippen LogP contribution in [0.5, 0.6) is 0 Å². The number of aromatic carboxylic acids is 1. The van der Waals surface area contributed by atoms with E-state index in [0.29, 0.717) is 28.0 Å². The lowest BCUT2D eigenvalue weighted by atomic mass is 9.98. The van der Waals surface area contributed by atoms with Crippen molar-refractivity contribution in [1.29, 1.82) is 0 Å². The lowest BCUT2D eigenvalue weighted by molar-refractivity contribution is 0.0698. The third kappa shape index (κ3) is 5.85. The number of nitrogens with zero attached hydrogens (tertiary/aromatic N) is 2. The number of benzene rings is 3. The fourth-order valence-corrected chi connectivity index (χ4v) is 7.04. The molecule has 1 aliphatic heterocycles. The van der Waals surface area contributed by atoms with Gasteiger partial charge in [0.25, 0.3) is 0 Å². The largest absolute Gasteiger partial charge is 0.478 e. The maximum Gasteiger partial charge on any atom is 0.337 e. The number of nitrogens with one attached hydrogen (secondary N) is 1. The Labute approximate surface area is 245 Å². The molecular weight excluding hydrogens is 534 g/mol. The lowest BCUT2D eigenvalue weighted by Gasteiger charge is -2.27. The van der Waals surface area contributed by atoms with E-state index in [1.807, 2.05) is 57.0 Å². The van der Waals surface area contributed by atoms with Crippen LogP contribution in [0.1, 0.15) is 53.4 Å². The molecule has 0 amide bonds. The third-order valence-electron chi connectivity index (χ3n) is 7.72. The van der Waals surface area contributed by atoms with Crippen LogP contribution in [0.2, 0.25) is 0 Å². The first-order valence-electron chi connectivity index (χ1n) is 13.8. The van der Waals surface area contributed by atoms with Gasteiger partial charge in [-0.2, -0.15) is 0 Å². The summed E-state index contributed by atoms with van der Waals surface area (Å²) in [6.07, 6.45) is 1.11. The molecule has 2 heterocycles. The molecule has 1 aliphatic rings. The highest BCUT2D eigenvalue weighted by Crippen LogP contribution is 2.39. The van der Waals surface area contributed by atoms with Gasteiger partial charge in [-0.1, -0.05) is 30.1 Å². The second-order valence-electron chi connectivity index (χ2n) is 11.4. The van der Waals surface area contributed by atoms with Crippen molar-refractivity contribution in [2.24, 2.45) is 0 Å². The number of fused-ring (bicyclic) bond motifs is 1. The summed E-state index contributed by atoms with van der Waals surface area (Å²) in [6, 6.07) is 18.6. The fourth-order valence-electron chi connectivity index (χ4n) is 5.76. The lowest BCUT2D eigenvalue weighted by Crippen LogP contribution is -2.29. The van der Waals surface area contributed by atoms with E-state index in [9.17, 15) is 14.7 Å². The highest BCUT2D eigenvalue weighted by Gasteiger charge is 2.35. The summed E-state index contributed by atoms with van der Waals surface area (Å²) in [5.74, 6) is -0.455. The fraction of sp³-hybridized carbons (Fsp3) is 0.333. The van der Waals surface area contributed by atoms with Crippen LogP contribution in [0.15, 0.2) is 69.9 Å². The van der Waals surface area contributed by atoms with Crippen molar-refractivity contribution >= 4 is 40.3 Å². The quantitative estimate of drug-likeness (QED) is 0.216. The minimum Gasteiger partial charge on any atom is -0.478 e. The minimum atomic E-state index is -1.00. The maximum atomic E-state index is 13.6. The van der Waals surface area contributed by atoms with Crippen LogP contribution >= 0.6 is 11.9 Å². The molecule has 214 valence electrons. The van der Waals surface area contributed by atoms with Crippen molar-refractivity contribution in [1.82, 2.24) is 4.31 Å². The molecule has 5 rings (SSSR count). The van der Waals surface area contributed by atoms with E-state index in [1.165, 1.54) is 0 Å². The Balaban J connectivity index is 1.50. The number of carboxylic acids is 1. The van der Waals surface area contributed by atoms with Crippen LogP contribution in [0, 0.1) is 13.8 Å². The molecule has 0 spiro atoms. The smallest absolute Gasteiger partial charge is 0.337 e.